The van der Waals surface area contributed by atoms with Crippen molar-refractivity contribution in [2.45, 2.75) is 58.7 Å². The molecule has 0 saturated carbocycles. The summed E-state index contributed by atoms with van der Waals surface area (Å²) in [5.41, 5.74) is 0. The molecular weight excluding hydrogens is 240 g/mol. The van der Waals surface area contributed by atoms with Crippen molar-refractivity contribution in [2.24, 2.45) is 11.8 Å². The average molecular weight is 270 g/mol. The minimum atomic E-state index is 0.704. The molecule has 2 saturated heterocycles. The fraction of sp³-hybridized carbons (Fsp3) is 1.00. The lowest BCUT2D eigenvalue weighted by atomic mass is 9.91. The molecule has 0 aliphatic carbocycles. The highest BCUT2D eigenvalue weighted by Gasteiger charge is 2.36. The third-order valence-corrected chi connectivity index (χ3v) is 6.04. The first-order valence-electron chi connectivity index (χ1n) is 7.70. The Labute approximate surface area is 117 Å². The predicted octanol–water partition coefficient (Wildman–Crippen LogP) is 2.84. The fourth-order valence-electron chi connectivity index (χ4n) is 3.30. The van der Waals surface area contributed by atoms with Crippen LogP contribution in [0.2, 0.25) is 0 Å². The number of nitrogens with zero attached hydrogens (tertiary/aromatic N) is 1. The third kappa shape index (κ3) is 3.23. The lowest BCUT2D eigenvalue weighted by Crippen LogP contribution is -2.62. The van der Waals surface area contributed by atoms with Crippen LogP contribution in [0.15, 0.2) is 0 Å². The van der Waals surface area contributed by atoms with E-state index in [-0.39, 0.29) is 0 Å². The number of nitrogens with one attached hydrogen (secondary N) is 1. The first-order chi connectivity index (χ1) is 8.63. The molecule has 2 aliphatic heterocycles. The van der Waals surface area contributed by atoms with Crippen LogP contribution < -0.4 is 5.32 Å². The maximum atomic E-state index is 3.81. The zero-order chi connectivity index (χ0) is 13.1. The summed E-state index contributed by atoms with van der Waals surface area (Å²) in [7, 11) is 0. The van der Waals surface area contributed by atoms with Gasteiger partial charge in [-0.2, -0.15) is 11.8 Å². The van der Waals surface area contributed by atoms with Crippen LogP contribution in [0, 0.1) is 11.8 Å². The third-order valence-electron chi connectivity index (χ3n) is 4.90. The van der Waals surface area contributed by atoms with Gasteiger partial charge in [0.05, 0.1) is 0 Å². The minimum absolute atomic E-state index is 0.704. The predicted molar refractivity (Wildman–Crippen MR) is 82.3 cm³/mol. The summed E-state index contributed by atoms with van der Waals surface area (Å²) in [5, 5.41) is 3.81. The van der Waals surface area contributed by atoms with E-state index in [1.54, 1.807) is 0 Å². The minimum Gasteiger partial charge on any atom is -0.311 e. The van der Waals surface area contributed by atoms with Crippen molar-refractivity contribution in [3.8, 4) is 0 Å². The lowest BCUT2D eigenvalue weighted by Gasteiger charge is -2.46. The Hall–Kier alpha value is 0.270. The van der Waals surface area contributed by atoms with Gasteiger partial charge in [-0.1, -0.05) is 34.1 Å². The van der Waals surface area contributed by atoms with Crippen molar-refractivity contribution in [2.75, 3.05) is 24.6 Å². The molecule has 0 bridgehead atoms. The highest BCUT2D eigenvalue weighted by Crippen LogP contribution is 2.29. The van der Waals surface area contributed by atoms with E-state index in [2.05, 4.69) is 49.7 Å². The van der Waals surface area contributed by atoms with E-state index in [9.17, 15) is 0 Å². The summed E-state index contributed by atoms with van der Waals surface area (Å²) in [4.78, 5) is 2.85. The molecule has 2 nitrogen and oxygen atoms in total. The number of hydrogen-bond acceptors (Lipinski definition) is 3. The largest absolute Gasteiger partial charge is 0.311 e. The molecule has 2 aliphatic rings. The quantitative estimate of drug-likeness (QED) is 0.846. The zero-order valence-corrected chi connectivity index (χ0v) is 13.3. The summed E-state index contributed by atoms with van der Waals surface area (Å²) in [6.45, 7) is 11.9. The number of piperazine rings is 1. The first kappa shape index (κ1) is 14.7. The van der Waals surface area contributed by atoms with Gasteiger partial charge in [0, 0.05) is 37.0 Å². The van der Waals surface area contributed by atoms with Gasteiger partial charge in [0.2, 0.25) is 0 Å². The van der Waals surface area contributed by atoms with Gasteiger partial charge in [-0.3, -0.25) is 4.90 Å². The van der Waals surface area contributed by atoms with E-state index in [0.29, 0.717) is 6.04 Å². The molecule has 3 heteroatoms. The van der Waals surface area contributed by atoms with Crippen molar-refractivity contribution < 1.29 is 0 Å². The standard InChI is InChI=1S/C15H30N2S/c1-5-12(4)14-9-17(13-6-7-18-10-13)15(8-16-14)11(2)3/h11-16H,5-10H2,1-4H3. The van der Waals surface area contributed by atoms with Gasteiger partial charge in [0.1, 0.15) is 0 Å². The van der Waals surface area contributed by atoms with Gasteiger partial charge in [-0.15, -0.1) is 0 Å². The Balaban J connectivity index is 2.03. The molecule has 2 fully saturated rings. The van der Waals surface area contributed by atoms with Gasteiger partial charge in [0.25, 0.3) is 0 Å². The van der Waals surface area contributed by atoms with E-state index in [4.69, 9.17) is 0 Å². The summed E-state index contributed by atoms with van der Waals surface area (Å²) < 4.78 is 0. The second kappa shape index (κ2) is 6.62. The Morgan fingerprint density at radius 1 is 1.33 bits per heavy atom. The van der Waals surface area contributed by atoms with Crippen LogP contribution >= 0.6 is 11.8 Å². The van der Waals surface area contributed by atoms with E-state index in [0.717, 1.165) is 23.9 Å². The molecular formula is C15H30N2S. The van der Waals surface area contributed by atoms with Crippen LogP contribution in [0.3, 0.4) is 0 Å². The normalized spacial score (nSPS) is 36.2. The van der Waals surface area contributed by atoms with Gasteiger partial charge in [-0.25, -0.2) is 0 Å². The number of thioether (sulfide) groups is 1. The van der Waals surface area contributed by atoms with Crippen molar-refractivity contribution >= 4 is 11.8 Å². The van der Waals surface area contributed by atoms with E-state index >= 15 is 0 Å². The second-order valence-electron chi connectivity index (χ2n) is 6.43. The molecule has 4 atom stereocenters. The topological polar surface area (TPSA) is 15.3 Å². The monoisotopic (exact) mass is 270 g/mol. The Kier molecular flexibility index (Phi) is 5.40. The molecule has 0 spiro atoms. The van der Waals surface area contributed by atoms with Crippen molar-refractivity contribution in [1.29, 1.82) is 0 Å². The molecule has 106 valence electrons. The highest BCUT2D eigenvalue weighted by molar-refractivity contribution is 7.99. The van der Waals surface area contributed by atoms with Gasteiger partial charge >= 0.3 is 0 Å². The van der Waals surface area contributed by atoms with E-state index in [1.165, 1.54) is 37.4 Å². The maximum absolute atomic E-state index is 3.81. The van der Waals surface area contributed by atoms with Gasteiger partial charge in [0.15, 0.2) is 0 Å². The fourth-order valence-corrected chi connectivity index (χ4v) is 4.54. The molecule has 2 heterocycles. The summed E-state index contributed by atoms with van der Waals surface area (Å²) in [6.07, 6.45) is 2.69. The van der Waals surface area contributed by atoms with Crippen LogP contribution in [0.25, 0.3) is 0 Å². The number of hydrogen-bond donors (Lipinski definition) is 1. The molecule has 0 amide bonds. The van der Waals surface area contributed by atoms with Crippen LogP contribution in [0.4, 0.5) is 0 Å². The zero-order valence-electron chi connectivity index (χ0n) is 12.5. The first-order valence-corrected chi connectivity index (χ1v) is 8.85. The molecule has 0 aromatic rings. The maximum Gasteiger partial charge on any atom is 0.0247 e. The number of rotatable bonds is 4. The summed E-state index contributed by atoms with van der Waals surface area (Å²) in [6, 6.07) is 2.29. The molecule has 0 aromatic heterocycles. The van der Waals surface area contributed by atoms with Gasteiger partial charge in [-0.05, 0) is 24.0 Å². The Morgan fingerprint density at radius 3 is 2.67 bits per heavy atom. The van der Waals surface area contributed by atoms with Crippen LogP contribution in [-0.4, -0.2) is 47.6 Å². The smallest absolute Gasteiger partial charge is 0.0247 e. The second-order valence-corrected chi connectivity index (χ2v) is 7.58. The van der Waals surface area contributed by atoms with Crippen molar-refractivity contribution in [1.82, 2.24) is 10.2 Å². The van der Waals surface area contributed by atoms with Crippen LogP contribution in [0.1, 0.15) is 40.5 Å². The summed E-state index contributed by atoms with van der Waals surface area (Å²) in [5.74, 6) is 4.29. The lowest BCUT2D eigenvalue weighted by molar-refractivity contribution is 0.0519. The van der Waals surface area contributed by atoms with Crippen molar-refractivity contribution in [3.63, 3.8) is 0 Å². The van der Waals surface area contributed by atoms with E-state index in [1.807, 2.05) is 0 Å². The average Bonchev–Trinajstić information content (AvgIpc) is 2.90. The van der Waals surface area contributed by atoms with E-state index < -0.39 is 0 Å². The molecule has 2 rings (SSSR count). The van der Waals surface area contributed by atoms with Crippen LogP contribution in [-0.2, 0) is 0 Å². The molecule has 0 aromatic carbocycles. The molecule has 1 N–H and O–H groups in total. The SMILES string of the molecule is CCC(C)C1CN(C2CCSC2)C(C(C)C)CN1. The molecule has 18 heavy (non-hydrogen) atoms. The molecule has 0 radical (unpaired) electrons. The summed E-state index contributed by atoms with van der Waals surface area (Å²) >= 11 is 2.14. The van der Waals surface area contributed by atoms with Crippen LogP contribution in [0.5, 0.6) is 0 Å². The molecule has 4 unspecified atom stereocenters. The Morgan fingerprint density at radius 2 is 2.11 bits per heavy atom. The van der Waals surface area contributed by atoms with Crippen molar-refractivity contribution in [3.05, 3.63) is 0 Å². The Bertz CT molecular complexity index is 251. The highest BCUT2D eigenvalue weighted by atomic mass is 32.2. The van der Waals surface area contributed by atoms with Gasteiger partial charge < -0.3 is 5.32 Å².